The molecule has 6 heteroatoms. The predicted molar refractivity (Wildman–Crippen MR) is 87.3 cm³/mol. The Morgan fingerprint density at radius 1 is 1.23 bits per heavy atom. The van der Waals surface area contributed by atoms with Crippen LogP contribution in [-0.2, 0) is 6.42 Å². The van der Waals surface area contributed by atoms with Crippen LogP contribution in [0.25, 0.3) is 0 Å². The summed E-state index contributed by atoms with van der Waals surface area (Å²) < 4.78 is 0. The van der Waals surface area contributed by atoms with Crippen LogP contribution in [0.4, 0.5) is 10.5 Å². The number of amides is 3. The highest BCUT2D eigenvalue weighted by molar-refractivity contribution is 6.06. The molecule has 0 saturated carbocycles. The van der Waals surface area contributed by atoms with Crippen molar-refractivity contribution in [2.24, 2.45) is 5.73 Å². The molecule has 0 saturated heterocycles. The van der Waals surface area contributed by atoms with E-state index >= 15 is 0 Å². The molecule has 0 aliphatic rings. The molecule has 0 atom stereocenters. The molecule has 22 heavy (non-hydrogen) atoms. The number of carbonyl (C=O) groups is 2. The molecule has 1 aromatic carbocycles. The number of carbonyl (C=O) groups excluding carboxylic acids is 2. The third-order valence-electron chi connectivity index (χ3n) is 3.46. The third-order valence-corrected chi connectivity index (χ3v) is 3.46. The van der Waals surface area contributed by atoms with Crippen LogP contribution in [0.2, 0.25) is 0 Å². The predicted octanol–water partition coefficient (Wildman–Crippen LogP) is 2.39. The first-order valence-electron chi connectivity index (χ1n) is 7.50. The number of urea groups is 1. The summed E-state index contributed by atoms with van der Waals surface area (Å²) in [5.41, 5.74) is 6.64. The molecular weight excluding hydrogens is 282 g/mol. The minimum Gasteiger partial charge on any atom is -0.507 e. The van der Waals surface area contributed by atoms with Crippen molar-refractivity contribution in [1.29, 1.82) is 0 Å². The Bertz CT molecular complexity index is 542. The van der Waals surface area contributed by atoms with Gasteiger partial charge in [0, 0.05) is 25.8 Å². The number of nitrogens with two attached hydrogens (primary N) is 1. The highest BCUT2D eigenvalue weighted by atomic mass is 16.3. The lowest BCUT2D eigenvalue weighted by Crippen LogP contribution is -2.35. The van der Waals surface area contributed by atoms with E-state index in [1.54, 1.807) is 0 Å². The molecule has 0 aliphatic carbocycles. The van der Waals surface area contributed by atoms with Crippen molar-refractivity contribution in [2.75, 3.05) is 19.0 Å². The number of nitrogens with zero attached hydrogens (tertiary/aromatic N) is 1. The van der Waals surface area contributed by atoms with Gasteiger partial charge in [0.05, 0.1) is 5.56 Å². The first kappa shape index (κ1) is 17.8. The van der Waals surface area contributed by atoms with Crippen LogP contribution in [0.1, 0.15) is 48.5 Å². The number of nitrogens with one attached hydrogen (secondary N) is 1. The van der Waals surface area contributed by atoms with Crippen molar-refractivity contribution >= 4 is 17.6 Å². The van der Waals surface area contributed by atoms with Crippen LogP contribution in [0.3, 0.4) is 0 Å². The van der Waals surface area contributed by atoms with Crippen LogP contribution in [0.5, 0.6) is 5.75 Å². The average molecular weight is 307 g/mol. The number of hydrogen-bond acceptors (Lipinski definition) is 4. The minimum absolute atomic E-state index is 0.126. The lowest BCUT2D eigenvalue weighted by Gasteiger charge is -2.18. The SMILES string of the molecule is CCCCCCc1cc(N(C)C)cc(O)c1C(=O)NC(N)=O. The maximum Gasteiger partial charge on any atom is 0.319 e. The van der Waals surface area contributed by atoms with Crippen LogP contribution in [0.15, 0.2) is 12.1 Å². The molecule has 0 heterocycles. The van der Waals surface area contributed by atoms with E-state index in [9.17, 15) is 14.7 Å². The molecule has 0 unspecified atom stereocenters. The van der Waals surface area contributed by atoms with E-state index in [0.29, 0.717) is 6.42 Å². The second-order valence-electron chi connectivity index (χ2n) is 5.52. The molecule has 0 aromatic heterocycles. The van der Waals surface area contributed by atoms with Crippen LogP contribution < -0.4 is 16.0 Å². The Morgan fingerprint density at radius 3 is 2.45 bits per heavy atom. The summed E-state index contributed by atoms with van der Waals surface area (Å²) in [7, 11) is 3.72. The van der Waals surface area contributed by atoms with E-state index in [1.807, 2.05) is 30.4 Å². The quantitative estimate of drug-likeness (QED) is 0.674. The van der Waals surface area contributed by atoms with E-state index in [1.165, 1.54) is 6.07 Å². The molecule has 1 rings (SSSR count). The largest absolute Gasteiger partial charge is 0.507 e. The zero-order valence-electron chi connectivity index (χ0n) is 13.5. The Hall–Kier alpha value is -2.24. The molecule has 0 aliphatic heterocycles. The minimum atomic E-state index is -0.932. The van der Waals surface area contributed by atoms with Crippen LogP contribution >= 0.6 is 0 Å². The summed E-state index contributed by atoms with van der Waals surface area (Å²) in [5.74, 6) is -0.809. The van der Waals surface area contributed by atoms with Crippen molar-refractivity contribution in [3.8, 4) is 5.75 Å². The first-order valence-corrected chi connectivity index (χ1v) is 7.50. The smallest absolute Gasteiger partial charge is 0.319 e. The van der Waals surface area contributed by atoms with Crippen molar-refractivity contribution in [3.63, 3.8) is 0 Å². The summed E-state index contributed by atoms with van der Waals surface area (Å²) in [5, 5.41) is 12.2. The van der Waals surface area contributed by atoms with Gasteiger partial charge in [-0.1, -0.05) is 26.2 Å². The van der Waals surface area contributed by atoms with Gasteiger partial charge < -0.3 is 15.7 Å². The molecule has 122 valence electrons. The molecule has 0 fully saturated rings. The molecule has 4 N–H and O–H groups in total. The summed E-state index contributed by atoms with van der Waals surface area (Å²) >= 11 is 0. The zero-order chi connectivity index (χ0) is 16.7. The molecule has 3 amide bonds. The van der Waals surface area contributed by atoms with Crippen LogP contribution in [0, 0.1) is 0 Å². The van der Waals surface area contributed by atoms with Gasteiger partial charge in [-0.15, -0.1) is 0 Å². The number of rotatable bonds is 7. The standard InChI is InChI=1S/C16H25N3O3/c1-4-5-6-7-8-11-9-12(19(2)3)10-13(20)14(11)15(21)18-16(17)22/h9-10,20H,4-8H2,1-3H3,(H3,17,18,21,22). The van der Waals surface area contributed by atoms with E-state index in [0.717, 1.165) is 36.9 Å². The summed E-state index contributed by atoms with van der Waals surface area (Å²) in [6.07, 6.45) is 4.89. The van der Waals surface area contributed by atoms with Crippen molar-refractivity contribution in [2.45, 2.75) is 39.0 Å². The molecular formula is C16H25N3O3. The second-order valence-corrected chi connectivity index (χ2v) is 5.52. The number of imide groups is 1. The fourth-order valence-electron chi connectivity index (χ4n) is 2.30. The Labute approximate surface area is 131 Å². The summed E-state index contributed by atoms with van der Waals surface area (Å²) in [6.45, 7) is 2.13. The van der Waals surface area contributed by atoms with Gasteiger partial charge in [-0.05, 0) is 24.5 Å². The number of aryl methyl sites for hydroxylation is 1. The maximum absolute atomic E-state index is 12.1. The van der Waals surface area contributed by atoms with Gasteiger partial charge in [0.1, 0.15) is 5.75 Å². The number of unbranched alkanes of at least 4 members (excludes halogenated alkanes) is 3. The second kappa shape index (κ2) is 8.26. The Balaban J connectivity index is 3.10. The van der Waals surface area contributed by atoms with Gasteiger partial charge in [0.15, 0.2) is 0 Å². The van der Waals surface area contributed by atoms with Gasteiger partial charge in [-0.3, -0.25) is 10.1 Å². The fourth-order valence-corrected chi connectivity index (χ4v) is 2.30. The van der Waals surface area contributed by atoms with E-state index in [4.69, 9.17) is 5.73 Å². The number of primary amides is 1. The fraction of sp³-hybridized carbons (Fsp3) is 0.500. The maximum atomic E-state index is 12.1. The highest BCUT2D eigenvalue weighted by Crippen LogP contribution is 2.29. The Morgan fingerprint density at radius 2 is 1.91 bits per heavy atom. The van der Waals surface area contributed by atoms with Crippen LogP contribution in [-0.4, -0.2) is 31.1 Å². The number of benzene rings is 1. The summed E-state index contributed by atoms with van der Waals surface area (Å²) in [6, 6.07) is 2.44. The normalized spacial score (nSPS) is 10.3. The molecule has 0 radical (unpaired) electrons. The molecule has 0 spiro atoms. The van der Waals surface area contributed by atoms with Gasteiger partial charge in [-0.25, -0.2) is 4.79 Å². The van der Waals surface area contributed by atoms with Gasteiger partial charge >= 0.3 is 6.03 Å². The molecule has 1 aromatic rings. The highest BCUT2D eigenvalue weighted by Gasteiger charge is 2.19. The van der Waals surface area contributed by atoms with E-state index in [-0.39, 0.29) is 11.3 Å². The molecule has 6 nitrogen and oxygen atoms in total. The van der Waals surface area contributed by atoms with Gasteiger partial charge in [0.25, 0.3) is 5.91 Å². The van der Waals surface area contributed by atoms with Crippen molar-refractivity contribution in [3.05, 3.63) is 23.3 Å². The lowest BCUT2D eigenvalue weighted by atomic mass is 9.98. The van der Waals surface area contributed by atoms with Crippen molar-refractivity contribution < 1.29 is 14.7 Å². The van der Waals surface area contributed by atoms with Crippen molar-refractivity contribution in [1.82, 2.24) is 5.32 Å². The third kappa shape index (κ3) is 4.95. The number of hydrogen-bond donors (Lipinski definition) is 3. The van der Waals surface area contributed by atoms with Gasteiger partial charge in [-0.2, -0.15) is 0 Å². The van der Waals surface area contributed by atoms with Gasteiger partial charge in [0.2, 0.25) is 0 Å². The zero-order valence-corrected chi connectivity index (χ0v) is 13.5. The van der Waals surface area contributed by atoms with E-state index < -0.39 is 11.9 Å². The first-order chi connectivity index (χ1) is 10.4. The number of phenols is 1. The molecule has 0 bridgehead atoms. The Kier molecular flexibility index (Phi) is 6.69. The lowest BCUT2D eigenvalue weighted by molar-refractivity contribution is 0.0962. The topological polar surface area (TPSA) is 95.7 Å². The number of phenolic OH excluding ortho intramolecular Hbond substituents is 1. The number of aromatic hydroxyl groups is 1. The number of anilines is 1. The monoisotopic (exact) mass is 307 g/mol. The average Bonchev–Trinajstić information content (AvgIpc) is 2.42. The van der Waals surface area contributed by atoms with E-state index in [2.05, 4.69) is 6.92 Å². The summed E-state index contributed by atoms with van der Waals surface area (Å²) in [4.78, 5) is 24.8.